The summed E-state index contributed by atoms with van der Waals surface area (Å²) in [7, 11) is 0. The van der Waals surface area contributed by atoms with Crippen molar-refractivity contribution in [3.05, 3.63) is 38.5 Å². The van der Waals surface area contributed by atoms with Crippen molar-refractivity contribution in [3.63, 3.8) is 0 Å². The first-order chi connectivity index (χ1) is 10.4. The summed E-state index contributed by atoms with van der Waals surface area (Å²) >= 11 is 4.91. The summed E-state index contributed by atoms with van der Waals surface area (Å²) in [6.07, 6.45) is 1.10. The van der Waals surface area contributed by atoms with E-state index in [2.05, 4.69) is 9.97 Å². The molecule has 1 heterocycles. The molecule has 0 saturated carbocycles. The van der Waals surface area contributed by atoms with Crippen LogP contribution in [-0.2, 0) is 6.42 Å². The molecule has 0 fully saturated rings. The van der Waals surface area contributed by atoms with Crippen LogP contribution in [0.5, 0.6) is 11.5 Å². The highest BCUT2D eigenvalue weighted by atomic mass is 32.1. The van der Waals surface area contributed by atoms with E-state index >= 15 is 0 Å². The van der Waals surface area contributed by atoms with Gasteiger partial charge in [-0.1, -0.05) is 13.3 Å². The molecule has 2 aromatic rings. The Kier molecular flexibility index (Phi) is 4.32. The Morgan fingerprint density at radius 1 is 1.18 bits per heavy atom. The second-order valence-corrected chi connectivity index (χ2v) is 5.08. The lowest BCUT2D eigenvalue weighted by atomic mass is 9.96. The number of aromatic hydroxyl groups is 2. The van der Waals surface area contributed by atoms with Gasteiger partial charge in [0.15, 0.2) is 4.77 Å². The fourth-order valence-corrected chi connectivity index (χ4v) is 2.50. The van der Waals surface area contributed by atoms with Gasteiger partial charge in [0.2, 0.25) is 0 Å². The average Bonchev–Trinajstić information content (AvgIpc) is 2.41. The first-order valence-corrected chi connectivity index (χ1v) is 6.91. The SMILES string of the molecule is CCCc1[nH]c(=S)[nH]c(=O)c1-c1c(O)ccc(O)c1C(=O)O. The van der Waals surface area contributed by atoms with Crippen molar-refractivity contribution >= 4 is 18.2 Å². The van der Waals surface area contributed by atoms with Crippen LogP contribution in [0, 0.1) is 4.77 Å². The van der Waals surface area contributed by atoms with Crippen molar-refractivity contribution < 1.29 is 20.1 Å². The fourth-order valence-electron chi connectivity index (χ4n) is 2.29. The number of aromatic amines is 2. The van der Waals surface area contributed by atoms with Gasteiger partial charge < -0.3 is 20.3 Å². The number of carbonyl (C=O) groups is 1. The van der Waals surface area contributed by atoms with Gasteiger partial charge in [0.05, 0.1) is 5.56 Å². The van der Waals surface area contributed by atoms with Crippen LogP contribution < -0.4 is 5.56 Å². The van der Waals surface area contributed by atoms with Gasteiger partial charge in [-0.2, -0.15) is 0 Å². The summed E-state index contributed by atoms with van der Waals surface area (Å²) < 4.78 is 0.105. The number of carboxylic acids is 1. The summed E-state index contributed by atoms with van der Waals surface area (Å²) in [4.78, 5) is 28.8. The zero-order chi connectivity index (χ0) is 16.4. The third-order valence-corrected chi connectivity index (χ3v) is 3.35. The molecule has 2 rings (SSSR count). The number of aromatic carboxylic acids is 1. The molecule has 1 aromatic carbocycles. The third kappa shape index (κ3) is 2.73. The highest BCUT2D eigenvalue weighted by molar-refractivity contribution is 7.71. The number of aromatic nitrogens is 2. The van der Waals surface area contributed by atoms with Gasteiger partial charge in [-0.05, 0) is 30.8 Å². The van der Waals surface area contributed by atoms with E-state index in [0.29, 0.717) is 18.5 Å². The molecule has 0 saturated heterocycles. The number of rotatable bonds is 4. The van der Waals surface area contributed by atoms with Crippen LogP contribution in [0.1, 0.15) is 29.4 Å². The van der Waals surface area contributed by atoms with Crippen LogP contribution >= 0.6 is 12.2 Å². The maximum absolute atomic E-state index is 12.2. The van der Waals surface area contributed by atoms with Crippen LogP contribution in [0.15, 0.2) is 16.9 Å². The van der Waals surface area contributed by atoms with Crippen molar-refractivity contribution in [2.45, 2.75) is 19.8 Å². The number of H-pyrrole nitrogens is 2. The van der Waals surface area contributed by atoms with Gasteiger partial charge in [-0.15, -0.1) is 0 Å². The monoisotopic (exact) mass is 322 g/mol. The second-order valence-electron chi connectivity index (χ2n) is 4.67. The topological polar surface area (TPSA) is 126 Å². The zero-order valence-corrected chi connectivity index (χ0v) is 12.5. The largest absolute Gasteiger partial charge is 0.507 e. The molecule has 8 heteroatoms. The van der Waals surface area contributed by atoms with Gasteiger partial charge in [0.1, 0.15) is 17.1 Å². The minimum Gasteiger partial charge on any atom is -0.507 e. The lowest BCUT2D eigenvalue weighted by Crippen LogP contribution is -2.16. The van der Waals surface area contributed by atoms with E-state index in [1.54, 1.807) is 0 Å². The standard InChI is InChI=1S/C14H14N2O5S/c1-2-3-6-9(12(19)16-14(22)15-6)10-7(17)4-5-8(18)11(10)13(20)21/h4-5,17-18H,2-3H2,1H3,(H,20,21)(H2,15,16,19,22). The molecule has 0 amide bonds. The number of carboxylic acid groups (broad SMARTS) is 1. The molecular formula is C14H14N2O5S. The van der Waals surface area contributed by atoms with E-state index in [4.69, 9.17) is 12.2 Å². The lowest BCUT2D eigenvalue weighted by molar-refractivity contribution is 0.0694. The first-order valence-electron chi connectivity index (χ1n) is 6.50. The Labute approximate surface area is 129 Å². The summed E-state index contributed by atoms with van der Waals surface area (Å²) in [6, 6.07) is 2.19. The van der Waals surface area contributed by atoms with Gasteiger partial charge in [-0.3, -0.25) is 9.78 Å². The molecule has 0 bridgehead atoms. The van der Waals surface area contributed by atoms with E-state index in [9.17, 15) is 24.9 Å². The lowest BCUT2D eigenvalue weighted by Gasteiger charge is -2.13. The molecule has 22 heavy (non-hydrogen) atoms. The van der Waals surface area contributed by atoms with Crippen molar-refractivity contribution in [3.8, 4) is 22.6 Å². The van der Waals surface area contributed by atoms with E-state index < -0.39 is 28.6 Å². The molecular weight excluding hydrogens is 308 g/mol. The Hall–Kier alpha value is -2.61. The molecule has 0 aliphatic heterocycles. The van der Waals surface area contributed by atoms with E-state index in [-0.39, 0.29) is 15.9 Å². The molecule has 5 N–H and O–H groups in total. The van der Waals surface area contributed by atoms with Crippen LogP contribution in [0.4, 0.5) is 0 Å². The Morgan fingerprint density at radius 2 is 1.82 bits per heavy atom. The number of hydrogen-bond acceptors (Lipinski definition) is 5. The van der Waals surface area contributed by atoms with Gasteiger partial charge in [-0.25, -0.2) is 4.79 Å². The number of nitrogens with one attached hydrogen (secondary N) is 2. The maximum atomic E-state index is 12.2. The van der Waals surface area contributed by atoms with Crippen molar-refractivity contribution in [2.24, 2.45) is 0 Å². The first kappa shape index (κ1) is 15.8. The Morgan fingerprint density at radius 3 is 2.41 bits per heavy atom. The molecule has 0 spiro atoms. The number of aryl methyl sites for hydroxylation is 1. The zero-order valence-electron chi connectivity index (χ0n) is 11.6. The summed E-state index contributed by atoms with van der Waals surface area (Å²) in [6.45, 7) is 1.88. The van der Waals surface area contributed by atoms with Crippen LogP contribution in [0.25, 0.3) is 11.1 Å². The van der Waals surface area contributed by atoms with Crippen molar-refractivity contribution in [2.75, 3.05) is 0 Å². The molecule has 0 unspecified atom stereocenters. The molecule has 0 aliphatic rings. The molecule has 1 aromatic heterocycles. The van der Waals surface area contributed by atoms with Crippen molar-refractivity contribution in [1.29, 1.82) is 0 Å². The van der Waals surface area contributed by atoms with E-state index in [1.807, 2.05) is 6.92 Å². The molecule has 0 radical (unpaired) electrons. The van der Waals surface area contributed by atoms with Gasteiger partial charge >= 0.3 is 5.97 Å². The van der Waals surface area contributed by atoms with E-state index in [0.717, 1.165) is 12.1 Å². The minimum atomic E-state index is -1.45. The van der Waals surface area contributed by atoms with Gasteiger partial charge in [0, 0.05) is 11.3 Å². The average molecular weight is 322 g/mol. The van der Waals surface area contributed by atoms with E-state index in [1.165, 1.54) is 0 Å². The highest BCUT2D eigenvalue weighted by Crippen LogP contribution is 2.37. The second kappa shape index (κ2) is 6.02. The van der Waals surface area contributed by atoms with Crippen LogP contribution in [-0.4, -0.2) is 31.3 Å². The third-order valence-electron chi connectivity index (χ3n) is 3.15. The predicted molar refractivity (Wildman–Crippen MR) is 82.0 cm³/mol. The summed E-state index contributed by atoms with van der Waals surface area (Å²) in [5.41, 5.74) is -1.03. The van der Waals surface area contributed by atoms with Gasteiger partial charge in [0.25, 0.3) is 5.56 Å². The molecule has 7 nitrogen and oxygen atoms in total. The fraction of sp³-hybridized carbons (Fsp3) is 0.214. The predicted octanol–water partition coefficient (Wildman–Crippen LogP) is 2.16. The Balaban J connectivity index is 2.94. The normalized spacial score (nSPS) is 10.6. The maximum Gasteiger partial charge on any atom is 0.340 e. The van der Waals surface area contributed by atoms with Crippen LogP contribution in [0.3, 0.4) is 0 Å². The number of phenolic OH excluding ortho intramolecular Hbond substituents is 1. The number of hydrogen-bond donors (Lipinski definition) is 5. The smallest absolute Gasteiger partial charge is 0.340 e. The van der Waals surface area contributed by atoms with Crippen molar-refractivity contribution in [1.82, 2.24) is 9.97 Å². The highest BCUT2D eigenvalue weighted by Gasteiger charge is 2.24. The molecule has 116 valence electrons. The minimum absolute atomic E-state index is 0.0405. The quantitative estimate of drug-likeness (QED) is 0.434. The molecule has 0 atom stereocenters. The Bertz CT molecular complexity index is 853. The van der Waals surface area contributed by atoms with Crippen LogP contribution in [0.2, 0.25) is 0 Å². The number of phenols is 2. The summed E-state index contributed by atoms with van der Waals surface area (Å²) in [5.74, 6) is -2.40. The summed E-state index contributed by atoms with van der Waals surface area (Å²) in [5, 5.41) is 29.1. The number of benzene rings is 1. The molecule has 0 aliphatic carbocycles.